The monoisotopic (exact) mass is 248 g/mol. The minimum atomic E-state index is -0.119. The Balaban J connectivity index is 2.00. The second kappa shape index (κ2) is 6.35. The second-order valence-corrected chi connectivity index (χ2v) is 4.46. The molecule has 0 saturated carbocycles. The first-order valence-electron chi connectivity index (χ1n) is 6.51. The summed E-state index contributed by atoms with van der Waals surface area (Å²) in [7, 11) is 0. The number of carbonyl (C=O) groups is 1. The van der Waals surface area contributed by atoms with Crippen molar-refractivity contribution in [3.05, 3.63) is 24.0 Å². The number of anilines is 1. The maximum atomic E-state index is 11.7. The molecule has 2 heterocycles. The molecule has 0 aliphatic carbocycles. The van der Waals surface area contributed by atoms with Gasteiger partial charge in [-0.2, -0.15) is 0 Å². The third-order valence-corrected chi connectivity index (χ3v) is 3.04. The van der Waals surface area contributed by atoms with Gasteiger partial charge in [-0.25, -0.2) is 0 Å². The van der Waals surface area contributed by atoms with Gasteiger partial charge in [0.05, 0.1) is 0 Å². The minimum absolute atomic E-state index is 0.119. The number of rotatable bonds is 4. The average molecular weight is 248 g/mol. The SMILES string of the molecule is CCNC(=O)c1cc(NC2CCNCC2)ccn1. The van der Waals surface area contributed by atoms with Crippen LogP contribution in [0.15, 0.2) is 18.3 Å². The Morgan fingerprint density at radius 1 is 1.50 bits per heavy atom. The van der Waals surface area contributed by atoms with Crippen molar-refractivity contribution in [3.8, 4) is 0 Å². The summed E-state index contributed by atoms with van der Waals surface area (Å²) in [5.74, 6) is -0.119. The highest BCUT2D eigenvalue weighted by Crippen LogP contribution is 2.13. The first kappa shape index (κ1) is 12.8. The van der Waals surface area contributed by atoms with Crippen molar-refractivity contribution in [1.29, 1.82) is 0 Å². The van der Waals surface area contributed by atoms with Crippen LogP contribution in [0.25, 0.3) is 0 Å². The Morgan fingerprint density at radius 3 is 3.00 bits per heavy atom. The van der Waals surface area contributed by atoms with Gasteiger partial charge in [0.15, 0.2) is 0 Å². The Morgan fingerprint density at radius 2 is 2.28 bits per heavy atom. The summed E-state index contributed by atoms with van der Waals surface area (Å²) in [6, 6.07) is 4.20. The number of hydrogen-bond donors (Lipinski definition) is 3. The van der Waals surface area contributed by atoms with Crippen LogP contribution in [0, 0.1) is 0 Å². The van der Waals surface area contributed by atoms with E-state index < -0.39 is 0 Å². The number of pyridine rings is 1. The van der Waals surface area contributed by atoms with Crippen molar-refractivity contribution in [3.63, 3.8) is 0 Å². The van der Waals surface area contributed by atoms with Gasteiger partial charge in [-0.3, -0.25) is 9.78 Å². The lowest BCUT2D eigenvalue weighted by atomic mass is 10.1. The predicted molar refractivity (Wildman–Crippen MR) is 71.8 cm³/mol. The van der Waals surface area contributed by atoms with E-state index in [1.165, 1.54) is 0 Å². The quantitative estimate of drug-likeness (QED) is 0.743. The molecule has 0 spiro atoms. The first-order valence-corrected chi connectivity index (χ1v) is 6.51. The zero-order valence-corrected chi connectivity index (χ0v) is 10.7. The van der Waals surface area contributed by atoms with Crippen molar-refractivity contribution in [2.75, 3.05) is 25.0 Å². The molecule has 3 N–H and O–H groups in total. The van der Waals surface area contributed by atoms with Crippen molar-refractivity contribution in [2.45, 2.75) is 25.8 Å². The number of aromatic nitrogens is 1. The lowest BCUT2D eigenvalue weighted by Gasteiger charge is -2.24. The number of nitrogens with zero attached hydrogens (tertiary/aromatic N) is 1. The van der Waals surface area contributed by atoms with E-state index in [1.54, 1.807) is 6.20 Å². The van der Waals surface area contributed by atoms with Crippen LogP contribution in [-0.4, -0.2) is 36.6 Å². The molecule has 0 radical (unpaired) electrons. The molecule has 1 saturated heterocycles. The second-order valence-electron chi connectivity index (χ2n) is 4.46. The summed E-state index contributed by atoms with van der Waals surface area (Å²) in [6.45, 7) is 4.61. The molecule has 0 aromatic carbocycles. The molecular formula is C13H20N4O. The summed E-state index contributed by atoms with van der Waals surface area (Å²) in [4.78, 5) is 15.8. The average Bonchev–Trinajstić information content (AvgIpc) is 2.40. The van der Waals surface area contributed by atoms with E-state index in [0.29, 0.717) is 18.3 Å². The maximum Gasteiger partial charge on any atom is 0.269 e. The van der Waals surface area contributed by atoms with Crippen LogP contribution in [0.3, 0.4) is 0 Å². The van der Waals surface area contributed by atoms with Crippen molar-refractivity contribution < 1.29 is 4.79 Å². The van der Waals surface area contributed by atoms with Gasteiger partial charge in [0.2, 0.25) is 0 Å². The fourth-order valence-corrected chi connectivity index (χ4v) is 2.10. The highest BCUT2D eigenvalue weighted by Gasteiger charge is 2.13. The molecular weight excluding hydrogens is 228 g/mol. The highest BCUT2D eigenvalue weighted by molar-refractivity contribution is 5.93. The van der Waals surface area contributed by atoms with Crippen LogP contribution in [0.4, 0.5) is 5.69 Å². The standard InChI is InChI=1S/C13H20N4O/c1-2-15-13(18)12-9-11(5-8-16-12)17-10-3-6-14-7-4-10/h5,8-10,14H,2-4,6-7H2,1H3,(H,15,18)(H,16,17). The zero-order chi connectivity index (χ0) is 12.8. The molecule has 1 aromatic heterocycles. The Labute approximate surface area is 107 Å². The molecule has 0 atom stereocenters. The lowest BCUT2D eigenvalue weighted by Crippen LogP contribution is -2.35. The third-order valence-electron chi connectivity index (χ3n) is 3.04. The molecule has 1 aliphatic rings. The highest BCUT2D eigenvalue weighted by atomic mass is 16.1. The topological polar surface area (TPSA) is 66.1 Å². The number of hydrogen-bond acceptors (Lipinski definition) is 4. The van der Waals surface area contributed by atoms with E-state index in [2.05, 4.69) is 20.9 Å². The summed E-state index contributed by atoms with van der Waals surface area (Å²) in [5, 5.41) is 9.54. The van der Waals surface area contributed by atoms with E-state index in [1.807, 2.05) is 19.1 Å². The molecule has 1 fully saturated rings. The van der Waals surface area contributed by atoms with Gasteiger partial charge < -0.3 is 16.0 Å². The van der Waals surface area contributed by atoms with Gasteiger partial charge in [0, 0.05) is 24.5 Å². The van der Waals surface area contributed by atoms with Crippen LogP contribution >= 0.6 is 0 Å². The summed E-state index contributed by atoms with van der Waals surface area (Å²) < 4.78 is 0. The zero-order valence-electron chi connectivity index (χ0n) is 10.7. The van der Waals surface area contributed by atoms with Gasteiger partial charge in [-0.05, 0) is 45.0 Å². The lowest BCUT2D eigenvalue weighted by molar-refractivity contribution is 0.0951. The Kier molecular flexibility index (Phi) is 4.52. The number of carbonyl (C=O) groups excluding carboxylic acids is 1. The molecule has 1 aromatic rings. The summed E-state index contributed by atoms with van der Waals surface area (Å²) in [6.07, 6.45) is 3.89. The van der Waals surface area contributed by atoms with Crippen LogP contribution < -0.4 is 16.0 Å². The molecule has 2 rings (SSSR count). The molecule has 5 heteroatoms. The summed E-state index contributed by atoms with van der Waals surface area (Å²) >= 11 is 0. The Hall–Kier alpha value is -1.62. The predicted octanol–water partition coefficient (Wildman–Crippen LogP) is 0.995. The van der Waals surface area contributed by atoms with Gasteiger partial charge >= 0.3 is 0 Å². The van der Waals surface area contributed by atoms with Gasteiger partial charge in [0.25, 0.3) is 5.91 Å². The number of amides is 1. The minimum Gasteiger partial charge on any atom is -0.382 e. The molecule has 18 heavy (non-hydrogen) atoms. The van der Waals surface area contributed by atoms with E-state index in [4.69, 9.17) is 0 Å². The third kappa shape index (κ3) is 3.43. The van der Waals surface area contributed by atoms with Gasteiger partial charge in [-0.1, -0.05) is 0 Å². The van der Waals surface area contributed by atoms with Gasteiger partial charge in [0.1, 0.15) is 5.69 Å². The summed E-state index contributed by atoms with van der Waals surface area (Å²) in [5.41, 5.74) is 1.44. The van der Waals surface area contributed by atoms with Crippen LogP contribution in [0.1, 0.15) is 30.3 Å². The maximum absolute atomic E-state index is 11.7. The van der Waals surface area contributed by atoms with Crippen LogP contribution in [-0.2, 0) is 0 Å². The van der Waals surface area contributed by atoms with E-state index in [9.17, 15) is 4.79 Å². The molecule has 5 nitrogen and oxygen atoms in total. The number of nitrogens with one attached hydrogen (secondary N) is 3. The first-order chi connectivity index (χ1) is 8.79. The normalized spacial score (nSPS) is 16.3. The molecule has 1 amide bonds. The fraction of sp³-hybridized carbons (Fsp3) is 0.538. The fourth-order valence-electron chi connectivity index (χ4n) is 2.10. The van der Waals surface area contributed by atoms with Gasteiger partial charge in [-0.15, -0.1) is 0 Å². The Bertz CT molecular complexity index is 402. The van der Waals surface area contributed by atoms with Crippen molar-refractivity contribution in [2.24, 2.45) is 0 Å². The molecule has 0 bridgehead atoms. The molecule has 98 valence electrons. The van der Waals surface area contributed by atoms with Crippen LogP contribution in [0.2, 0.25) is 0 Å². The largest absolute Gasteiger partial charge is 0.382 e. The van der Waals surface area contributed by atoms with E-state index in [-0.39, 0.29) is 5.91 Å². The molecule has 1 aliphatic heterocycles. The van der Waals surface area contributed by atoms with Crippen LogP contribution in [0.5, 0.6) is 0 Å². The van der Waals surface area contributed by atoms with E-state index >= 15 is 0 Å². The number of piperidine rings is 1. The van der Waals surface area contributed by atoms with E-state index in [0.717, 1.165) is 31.6 Å². The van der Waals surface area contributed by atoms with Crippen molar-refractivity contribution >= 4 is 11.6 Å². The smallest absolute Gasteiger partial charge is 0.269 e. The molecule has 0 unspecified atom stereocenters. The van der Waals surface area contributed by atoms with Crippen molar-refractivity contribution in [1.82, 2.24) is 15.6 Å².